The predicted octanol–water partition coefficient (Wildman–Crippen LogP) is 0.371. The van der Waals surface area contributed by atoms with Crippen LogP contribution in [0, 0.1) is 0 Å². The Morgan fingerprint density at radius 1 is 0.889 bits per heavy atom. The molecule has 0 aromatic heterocycles. The second kappa shape index (κ2) is 9.57. The summed E-state index contributed by atoms with van der Waals surface area (Å²) in [5.74, 6) is 0. The fraction of sp³-hybridized carbons (Fsp3) is 1.00. The van der Waals surface area contributed by atoms with Gasteiger partial charge in [-0.05, 0) is 13.3 Å². The molecule has 0 spiro atoms. The zero-order valence-electron chi connectivity index (χ0n) is 10.0. The van der Waals surface area contributed by atoms with E-state index in [2.05, 4.69) is 22.1 Å². The minimum Gasteiger partial charge on any atom is -0.344 e. The van der Waals surface area contributed by atoms with Gasteiger partial charge in [0, 0.05) is 0 Å². The molecule has 0 fully saturated rings. The Hall–Kier alpha value is -0.340. The van der Waals surface area contributed by atoms with E-state index in [1.807, 2.05) is 6.92 Å². The summed E-state index contributed by atoms with van der Waals surface area (Å²) in [5, 5.41) is 0. The first kappa shape index (κ1) is 20.0. The van der Waals surface area contributed by atoms with E-state index in [0.717, 1.165) is 6.42 Å². The van der Waals surface area contributed by atoms with Gasteiger partial charge in [-0.1, -0.05) is 26.3 Å². The Morgan fingerprint density at radius 3 is 1.94 bits per heavy atom. The Bertz CT molecular complexity index is 389. The maximum atomic E-state index is 10.8. The average molecular weight is 311 g/mol. The Morgan fingerprint density at radius 2 is 1.44 bits per heavy atom. The van der Waals surface area contributed by atoms with Crippen LogP contribution in [0.15, 0.2) is 0 Å². The minimum atomic E-state index is -4.72. The SMILES string of the molecule is CCCCOOS(=O)(=O)OOS(=O)(=O)OCC.N. The third-order valence-electron chi connectivity index (χ3n) is 1.17. The molecule has 0 aliphatic heterocycles. The molecule has 0 bridgehead atoms. The third kappa shape index (κ3) is 10.8. The van der Waals surface area contributed by atoms with E-state index in [1.54, 1.807) is 0 Å². The first-order valence-electron chi connectivity index (χ1n) is 4.66. The molecule has 0 aromatic rings. The first-order valence-corrected chi connectivity index (χ1v) is 7.32. The molecule has 0 saturated carbocycles. The molecule has 12 heteroatoms. The highest BCUT2D eigenvalue weighted by Crippen LogP contribution is 2.04. The molecule has 0 unspecified atom stereocenters. The maximum Gasteiger partial charge on any atom is 0.454 e. The van der Waals surface area contributed by atoms with Gasteiger partial charge in [0.1, 0.15) is 0 Å². The zero-order valence-corrected chi connectivity index (χ0v) is 11.7. The van der Waals surface area contributed by atoms with Gasteiger partial charge in [-0.3, -0.25) is 0 Å². The summed E-state index contributed by atoms with van der Waals surface area (Å²) in [6, 6.07) is 0. The summed E-state index contributed by atoms with van der Waals surface area (Å²) in [4.78, 5) is 4.24. The molecule has 0 aliphatic rings. The van der Waals surface area contributed by atoms with Crippen molar-refractivity contribution in [3.8, 4) is 0 Å². The van der Waals surface area contributed by atoms with Crippen LogP contribution in [0.4, 0.5) is 0 Å². The molecular weight excluding hydrogens is 294 g/mol. The molecule has 112 valence electrons. The summed E-state index contributed by atoms with van der Waals surface area (Å²) in [6.07, 6.45) is 1.33. The zero-order chi connectivity index (χ0) is 13.4. The largest absolute Gasteiger partial charge is 0.454 e. The lowest BCUT2D eigenvalue weighted by Crippen LogP contribution is -2.17. The number of unbranched alkanes of at least 4 members (excludes halogenated alkanes) is 1. The lowest BCUT2D eigenvalue weighted by Gasteiger charge is -2.04. The quantitative estimate of drug-likeness (QED) is 0.340. The highest BCUT2D eigenvalue weighted by Gasteiger charge is 2.22. The summed E-state index contributed by atoms with van der Waals surface area (Å²) < 4.78 is 58.0. The molecule has 0 aromatic carbocycles. The minimum absolute atomic E-state index is 0. The molecule has 0 heterocycles. The molecule has 0 amide bonds. The van der Waals surface area contributed by atoms with Gasteiger partial charge >= 0.3 is 20.8 Å². The van der Waals surface area contributed by atoms with Crippen LogP contribution in [0.3, 0.4) is 0 Å². The van der Waals surface area contributed by atoms with Crippen molar-refractivity contribution in [2.45, 2.75) is 26.7 Å². The standard InChI is InChI=1S/C6H14O9S2.H3N/c1-3-5-6-11-13-17(9,10)15-14-16(7,8)12-4-2;/h3-6H2,1-2H3;1H3. The van der Waals surface area contributed by atoms with Gasteiger partial charge in [0.05, 0.1) is 13.2 Å². The Labute approximate surface area is 106 Å². The van der Waals surface area contributed by atoms with Crippen LogP contribution in [0.25, 0.3) is 0 Å². The van der Waals surface area contributed by atoms with Crippen molar-refractivity contribution in [2.24, 2.45) is 0 Å². The normalized spacial score (nSPS) is 12.1. The number of hydrogen-bond acceptors (Lipinski definition) is 10. The van der Waals surface area contributed by atoms with Crippen LogP contribution in [0.1, 0.15) is 26.7 Å². The van der Waals surface area contributed by atoms with Crippen molar-refractivity contribution in [1.82, 2.24) is 6.15 Å². The van der Waals surface area contributed by atoms with Gasteiger partial charge in [0.25, 0.3) is 0 Å². The van der Waals surface area contributed by atoms with Gasteiger partial charge in [-0.2, -0.15) is 16.8 Å². The highest BCUT2D eigenvalue weighted by atomic mass is 32.3. The molecule has 10 nitrogen and oxygen atoms in total. The molecule has 0 radical (unpaired) electrons. The van der Waals surface area contributed by atoms with Gasteiger partial charge in [0.15, 0.2) is 0 Å². The van der Waals surface area contributed by atoms with E-state index in [1.165, 1.54) is 6.92 Å². The second-order valence-electron chi connectivity index (χ2n) is 2.60. The van der Waals surface area contributed by atoms with Crippen molar-refractivity contribution in [3.63, 3.8) is 0 Å². The number of rotatable bonds is 10. The van der Waals surface area contributed by atoms with Gasteiger partial charge in [-0.25, -0.2) is 9.07 Å². The van der Waals surface area contributed by atoms with E-state index in [4.69, 9.17) is 0 Å². The summed E-state index contributed by atoms with van der Waals surface area (Å²) >= 11 is 0. The van der Waals surface area contributed by atoms with Crippen LogP contribution < -0.4 is 6.15 Å². The molecule has 18 heavy (non-hydrogen) atoms. The molecule has 0 saturated heterocycles. The number of hydrogen-bond donors (Lipinski definition) is 1. The lowest BCUT2D eigenvalue weighted by molar-refractivity contribution is -0.230. The van der Waals surface area contributed by atoms with Crippen molar-refractivity contribution >= 4 is 20.8 Å². The Balaban J connectivity index is 0. The van der Waals surface area contributed by atoms with E-state index >= 15 is 0 Å². The monoisotopic (exact) mass is 311 g/mol. The lowest BCUT2D eigenvalue weighted by atomic mass is 10.4. The Kier molecular flexibility index (Phi) is 10.6. The fourth-order valence-electron chi connectivity index (χ4n) is 0.540. The maximum absolute atomic E-state index is 10.8. The molecule has 3 N–H and O–H groups in total. The first-order chi connectivity index (χ1) is 7.83. The second-order valence-corrected chi connectivity index (χ2v) is 4.88. The van der Waals surface area contributed by atoms with Crippen molar-refractivity contribution in [2.75, 3.05) is 13.2 Å². The van der Waals surface area contributed by atoms with Crippen LogP contribution in [0.2, 0.25) is 0 Å². The van der Waals surface area contributed by atoms with Gasteiger partial charge in [0.2, 0.25) is 0 Å². The van der Waals surface area contributed by atoms with E-state index in [0.29, 0.717) is 6.42 Å². The van der Waals surface area contributed by atoms with Crippen molar-refractivity contribution in [1.29, 1.82) is 0 Å². The topological polar surface area (TPSA) is 149 Å². The summed E-state index contributed by atoms with van der Waals surface area (Å²) in [6.45, 7) is 2.99. The predicted molar refractivity (Wildman–Crippen MR) is 58.6 cm³/mol. The molecule has 0 rings (SSSR count). The molecular formula is C6H17NO9S2. The van der Waals surface area contributed by atoms with Crippen molar-refractivity contribution in [3.05, 3.63) is 0 Å². The van der Waals surface area contributed by atoms with Crippen LogP contribution in [0.5, 0.6) is 0 Å². The smallest absolute Gasteiger partial charge is 0.344 e. The molecule has 0 atom stereocenters. The van der Waals surface area contributed by atoms with Crippen LogP contribution in [-0.4, -0.2) is 30.0 Å². The van der Waals surface area contributed by atoms with Crippen molar-refractivity contribution < 1.29 is 38.9 Å². The van der Waals surface area contributed by atoms with Gasteiger partial charge < -0.3 is 6.15 Å². The van der Waals surface area contributed by atoms with E-state index in [9.17, 15) is 16.8 Å². The van der Waals surface area contributed by atoms with Gasteiger partial charge in [-0.15, -0.1) is 0 Å². The van der Waals surface area contributed by atoms with Crippen LogP contribution in [-0.2, 0) is 42.9 Å². The highest BCUT2D eigenvalue weighted by molar-refractivity contribution is 7.84. The van der Waals surface area contributed by atoms with Crippen LogP contribution >= 0.6 is 0 Å². The average Bonchev–Trinajstić information content (AvgIpc) is 2.22. The summed E-state index contributed by atoms with van der Waals surface area (Å²) in [5.41, 5.74) is 0. The van der Waals surface area contributed by atoms with E-state index < -0.39 is 20.8 Å². The van der Waals surface area contributed by atoms with E-state index in [-0.39, 0.29) is 19.4 Å². The third-order valence-corrected chi connectivity index (χ3v) is 2.51. The molecule has 0 aliphatic carbocycles. The fourth-order valence-corrected chi connectivity index (χ4v) is 1.62. The summed E-state index contributed by atoms with van der Waals surface area (Å²) in [7, 11) is -9.25.